The van der Waals surface area contributed by atoms with E-state index < -0.39 is 0 Å². The van der Waals surface area contributed by atoms with E-state index in [9.17, 15) is 0 Å². The molecule has 0 bridgehead atoms. The predicted molar refractivity (Wildman–Crippen MR) is 62.2 cm³/mol. The number of rotatable bonds is 4. The van der Waals surface area contributed by atoms with Crippen molar-refractivity contribution in [2.24, 2.45) is 11.7 Å². The van der Waals surface area contributed by atoms with Crippen LogP contribution in [-0.2, 0) is 0 Å². The summed E-state index contributed by atoms with van der Waals surface area (Å²) in [5.74, 6) is 0.310. The smallest absolute Gasteiger partial charge is 0.0902 e. The second-order valence-corrected chi connectivity index (χ2v) is 4.67. The highest BCUT2D eigenvalue weighted by Crippen LogP contribution is 2.18. The molecule has 14 heavy (non-hydrogen) atoms. The van der Waals surface area contributed by atoms with E-state index in [-0.39, 0.29) is 12.6 Å². The van der Waals surface area contributed by atoms with Crippen LogP contribution in [0.3, 0.4) is 0 Å². The molecule has 1 fully saturated rings. The largest absolute Gasteiger partial charge is 0.396 e. The van der Waals surface area contributed by atoms with Gasteiger partial charge in [-0.05, 0) is 25.3 Å². The molecule has 1 aliphatic heterocycles. The maximum atomic E-state index is 9.00. The normalized spacial score (nSPS) is 26.0. The minimum absolute atomic E-state index is 0.237. The third-order valence-corrected chi connectivity index (χ3v) is 3.07. The first-order chi connectivity index (χ1) is 6.65. The highest BCUT2D eigenvalue weighted by Gasteiger charge is 2.25. The van der Waals surface area contributed by atoms with E-state index >= 15 is 0 Å². The molecular formula is C10H20N2OS. The zero-order valence-corrected chi connectivity index (χ0v) is 9.59. The molecule has 0 radical (unpaired) electrons. The van der Waals surface area contributed by atoms with Crippen LogP contribution in [0.1, 0.15) is 26.2 Å². The van der Waals surface area contributed by atoms with Gasteiger partial charge in [0.05, 0.1) is 11.0 Å². The van der Waals surface area contributed by atoms with Gasteiger partial charge in [-0.1, -0.05) is 25.6 Å². The van der Waals surface area contributed by atoms with Gasteiger partial charge < -0.3 is 10.8 Å². The molecular weight excluding hydrogens is 196 g/mol. The van der Waals surface area contributed by atoms with E-state index in [0.29, 0.717) is 10.9 Å². The molecule has 1 saturated heterocycles. The van der Waals surface area contributed by atoms with Crippen molar-refractivity contribution in [3.05, 3.63) is 0 Å². The Morgan fingerprint density at radius 3 is 2.93 bits per heavy atom. The average molecular weight is 216 g/mol. The first-order valence-electron chi connectivity index (χ1n) is 5.29. The maximum Gasteiger partial charge on any atom is 0.0902 e. The Hall–Kier alpha value is -0.190. The lowest BCUT2D eigenvalue weighted by Gasteiger charge is -2.36. The van der Waals surface area contributed by atoms with E-state index in [1.54, 1.807) is 0 Å². The van der Waals surface area contributed by atoms with Crippen molar-refractivity contribution < 1.29 is 5.11 Å². The van der Waals surface area contributed by atoms with E-state index in [4.69, 9.17) is 23.1 Å². The highest BCUT2D eigenvalue weighted by molar-refractivity contribution is 7.80. The first kappa shape index (κ1) is 11.9. The molecule has 0 saturated carbocycles. The highest BCUT2D eigenvalue weighted by atomic mass is 32.1. The van der Waals surface area contributed by atoms with Gasteiger partial charge in [-0.2, -0.15) is 0 Å². The van der Waals surface area contributed by atoms with Crippen molar-refractivity contribution >= 4 is 17.2 Å². The lowest BCUT2D eigenvalue weighted by molar-refractivity contribution is 0.136. The molecule has 1 heterocycles. The van der Waals surface area contributed by atoms with Crippen LogP contribution in [0.5, 0.6) is 0 Å². The number of thiocarbonyl (C=S) groups is 1. The number of hydrogen-bond acceptors (Lipinski definition) is 3. The standard InChI is InChI=1S/C10H20N2OS/c1-8(7-13)6-12-5-3-2-4-9(12)10(11)14/h8-9,13H,2-7H2,1H3,(H2,11,14). The Bertz CT molecular complexity index is 199. The van der Waals surface area contributed by atoms with Crippen LogP contribution in [0.4, 0.5) is 0 Å². The molecule has 0 aromatic rings. The van der Waals surface area contributed by atoms with Gasteiger partial charge in [-0.15, -0.1) is 0 Å². The molecule has 3 N–H and O–H groups in total. The van der Waals surface area contributed by atoms with Gasteiger partial charge in [0, 0.05) is 13.2 Å². The summed E-state index contributed by atoms with van der Waals surface area (Å²) >= 11 is 5.06. The summed E-state index contributed by atoms with van der Waals surface area (Å²) in [4.78, 5) is 2.92. The summed E-state index contributed by atoms with van der Waals surface area (Å²) in [6.45, 7) is 4.25. The van der Waals surface area contributed by atoms with Crippen molar-refractivity contribution in [3.63, 3.8) is 0 Å². The zero-order valence-electron chi connectivity index (χ0n) is 8.78. The van der Waals surface area contributed by atoms with Crippen LogP contribution >= 0.6 is 12.2 Å². The predicted octanol–water partition coefficient (Wildman–Crippen LogP) is 0.755. The number of aliphatic hydroxyl groups excluding tert-OH is 1. The SMILES string of the molecule is CC(CO)CN1CCCCC1C(N)=S. The van der Waals surface area contributed by atoms with Crippen LogP contribution in [-0.4, -0.2) is 40.7 Å². The van der Waals surface area contributed by atoms with E-state index in [2.05, 4.69) is 4.90 Å². The molecule has 0 aliphatic carbocycles. The number of aliphatic hydroxyl groups is 1. The maximum absolute atomic E-state index is 9.00. The van der Waals surface area contributed by atoms with Crippen LogP contribution in [0.2, 0.25) is 0 Å². The van der Waals surface area contributed by atoms with Crippen LogP contribution in [0, 0.1) is 5.92 Å². The van der Waals surface area contributed by atoms with Crippen LogP contribution < -0.4 is 5.73 Å². The van der Waals surface area contributed by atoms with E-state index in [1.165, 1.54) is 12.8 Å². The fraction of sp³-hybridized carbons (Fsp3) is 0.900. The van der Waals surface area contributed by atoms with Crippen molar-refractivity contribution in [1.29, 1.82) is 0 Å². The Kier molecular flexibility index (Phi) is 4.78. The Morgan fingerprint density at radius 2 is 2.36 bits per heavy atom. The van der Waals surface area contributed by atoms with Crippen LogP contribution in [0.25, 0.3) is 0 Å². The lowest BCUT2D eigenvalue weighted by atomic mass is 10.0. The molecule has 2 unspecified atom stereocenters. The Balaban J connectivity index is 2.49. The monoisotopic (exact) mass is 216 g/mol. The molecule has 0 aromatic carbocycles. The average Bonchev–Trinajstić information content (AvgIpc) is 2.18. The number of hydrogen-bond donors (Lipinski definition) is 2. The molecule has 2 atom stereocenters. The summed E-state index contributed by atoms with van der Waals surface area (Å²) in [6.07, 6.45) is 3.51. The van der Waals surface area contributed by atoms with Gasteiger partial charge in [0.2, 0.25) is 0 Å². The number of likely N-dealkylation sites (tertiary alicyclic amines) is 1. The molecule has 1 rings (SSSR count). The van der Waals surface area contributed by atoms with Gasteiger partial charge in [0.25, 0.3) is 0 Å². The second kappa shape index (κ2) is 5.63. The fourth-order valence-electron chi connectivity index (χ4n) is 1.99. The molecule has 0 aromatic heterocycles. The van der Waals surface area contributed by atoms with E-state index in [0.717, 1.165) is 19.5 Å². The minimum Gasteiger partial charge on any atom is -0.396 e. The first-order valence-corrected chi connectivity index (χ1v) is 5.70. The van der Waals surface area contributed by atoms with E-state index in [1.807, 2.05) is 6.92 Å². The van der Waals surface area contributed by atoms with Crippen LogP contribution in [0.15, 0.2) is 0 Å². The summed E-state index contributed by atoms with van der Waals surface area (Å²) in [7, 11) is 0. The molecule has 3 nitrogen and oxygen atoms in total. The third kappa shape index (κ3) is 3.19. The molecule has 0 spiro atoms. The van der Waals surface area contributed by atoms with Crippen molar-refractivity contribution in [1.82, 2.24) is 4.90 Å². The van der Waals surface area contributed by atoms with Crippen molar-refractivity contribution in [2.75, 3.05) is 19.7 Å². The summed E-state index contributed by atoms with van der Waals surface area (Å²) < 4.78 is 0. The summed E-state index contributed by atoms with van der Waals surface area (Å²) in [5, 5.41) is 9.00. The topological polar surface area (TPSA) is 49.5 Å². The summed E-state index contributed by atoms with van der Waals surface area (Å²) in [5.41, 5.74) is 5.70. The minimum atomic E-state index is 0.237. The number of nitrogens with two attached hydrogens (primary N) is 1. The Morgan fingerprint density at radius 1 is 1.64 bits per heavy atom. The molecule has 1 aliphatic rings. The van der Waals surface area contributed by atoms with Gasteiger partial charge in [-0.25, -0.2) is 0 Å². The van der Waals surface area contributed by atoms with Gasteiger partial charge in [-0.3, -0.25) is 4.90 Å². The molecule has 82 valence electrons. The quantitative estimate of drug-likeness (QED) is 0.681. The van der Waals surface area contributed by atoms with Gasteiger partial charge in [0.15, 0.2) is 0 Å². The van der Waals surface area contributed by atoms with Gasteiger partial charge >= 0.3 is 0 Å². The third-order valence-electron chi connectivity index (χ3n) is 2.80. The zero-order chi connectivity index (χ0) is 10.6. The van der Waals surface area contributed by atoms with Crippen molar-refractivity contribution in [3.8, 4) is 0 Å². The molecule has 4 heteroatoms. The van der Waals surface area contributed by atoms with Gasteiger partial charge in [0.1, 0.15) is 0 Å². The number of nitrogens with zero attached hydrogens (tertiary/aromatic N) is 1. The molecule has 0 amide bonds. The summed E-state index contributed by atoms with van der Waals surface area (Å²) in [6, 6.07) is 0.257. The van der Waals surface area contributed by atoms with Crippen molar-refractivity contribution in [2.45, 2.75) is 32.2 Å². The lowest BCUT2D eigenvalue weighted by Crippen LogP contribution is -2.48. The number of piperidine rings is 1. The Labute approximate surface area is 91.3 Å². The fourth-order valence-corrected chi connectivity index (χ4v) is 2.26. The second-order valence-electron chi connectivity index (χ2n) is 4.20.